The highest BCUT2D eigenvalue weighted by Crippen LogP contribution is 2.34. The Balaban J connectivity index is 2.18. The number of nitrogens with zero attached hydrogens (tertiary/aromatic N) is 1. The lowest BCUT2D eigenvalue weighted by Crippen LogP contribution is -2.40. The van der Waals surface area contributed by atoms with Crippen LogP contribution in [0.2, 0.25) is 0 Å². The Hall–Kier alpha value is -1.56. The topological polar surface area (TPSA) is 35.8 Å². The van der Waals surface area contributed by atoms with Gasteiger partial charge >= 0.3 is 0 Å². The molecule has 0 amide bonds. The van der Waals surface area contributed by atoms with Gasteiger partial charge in [0.2, 0.25) is 0 Å². The van der Waals surface area contributed by atoms with Crippen LogP contribution in [0.25, 0.3) is 0 Å². The largest absolute Gasteiger partial charge is 0.367 e. The maximum atomic E-state index is 13.4. The maximum Gasteiger partial charge on any atom is 0.125 e. The second-order valence-electron chi connectivity index (χ2n) is 5.52. The fourth-order valence-corrected chi connectivity index (χ4v) is 2.60. The van der Waals surface area contributed by atoms with Crippen LogP contribution in [-0.4, -0.2) is 5.54 Å². The molecule has 2 nitrogen and oxygen atoms in total. The molecule has 1 aliphatic rings. The van der Waals surface area contributed by atoms with Gasteiger partial charge in [-0.15, -0.1) is 0 Å². The van der Waals surface area contributed by atoms with E-state index < -0.39 is 5.54 Å². The van der Waals surface area contributed by atoms with E-state index in [0.29, 0.717) is 11.6 Å². The predicted octanol–water partition coefficient (Wildman–Crippen LogP) is 4.02. The van der Waals surface area contributed by atoms with E-state index in [4.69, 9.17) is 0 Å². The number of hydrogen-bond donors (Lipinski definition) is 1. The second-order valence-corrected chi connectivity index (χ2v) is 5.52. The van der Waals surface area contributed by atoms with Gasteiger partial charge in [-0.2, -0.15) is 5.26 Å². The molecule has 0 saturated heterocycles. The fourth-order valence-electron chi connectivity index (χ4n) is 2.60. The number of benzene rings is 1. The average molecular weight is 246 g/mol. The Labute approximate surface area is 108 Å². The van der Waals surface area contributed by atoms with Crippen molar-refractivity contribution in [3.05, 3.63) is 29.6 Å². The molecule has 0 aliphatic heterocycles. The van der Waals surface area contributed by atoms with E-state index in [-0.39, 0.29) is 5.82 Å². The first-order chi connectivity index (χ1) is 8.53. The summed E-state index contributed by atoms with van der Waals surface area (Å²) in [4.78, 5) is 0. The van der Waals surface area contributed by atoms with Crippen molar-refractivity contribution in [2.45, 2.75) is 45.1 Å². The molecule has 2 rings (SSSR count). The molecular weight excluding hydrogens is 227 g/mol. The molecule has 0 bridgehead atoms. The number of hydrogen-bond acceptors (Lipinski definition) is 2. The van der Waals surface area contributed by atoms with E-state index in [1.807, 2.05) is 13.0 Å². The number of aryl methyl sites for hydroxylation is 1. The first-order valence-electron chi connectivity index (χ1n) is 6.50. The molecule has 0 radical (unpaired) electrons. The van der Waals surface area contributed by atoms with Crippen molar-refractivity contribution in [1.82, 2.24) is 0 Å². The minimum Gasteiger partial charge on any atom is -0.367 e. The molecule has 1 fully saturated rings. The first kappa shape index (κ1) is 12.9. The Kier molecular flexibility index (Phi) is 3.56. The summed E-state index contributed by atoms with van der Waals surface area (Å²) in [5.41, 5.74) is 1.06. The molecule has 1 saturated carbocycles. The van der Waals surface area contributed by atoms with Crippen LogP contribution < -0.4 is 5.32 Å². The SMILES string of the molecule is Cc1cc(F)cc(NC2(C#N)CCC(C)CC2)c1. The Morgan fingerprint density at radius 2 is 2.00 bits per heavy atom. The summed E-state index contributed by atoms with van der Waals surface area (Å²) in [6.45, 7) is 4.07. The van der Waals surface area contributed by atoms with Crippen molar-refractivity contribution in [1.29, 1.82) is 5.26 Å². The third kappa shape index (κ3) is 2.81. The minimum atomic E-state index is -0.521. The third-order valence-electron chi connectivity index (χ3n) is 3.77. The molecule has 1 N–H and O–H groups in total. The minimum absolute atomic E-state index is 0.255. The summed E-state index contributed by atoms with van der Waals surface area (Å²) >= 11 is 0. The van der Waals surface area contributed by atoms with E-state index in [0.717, 1.165) is 31.2 Å². The zero-order valence-electron chi connectivity index (χ0n) is 11.0. The average Bonchev–Trinajstić information content (AvgIpc) is 2.31. The van der Waals surface area contributed by atoms with Crippen LogP contribution >= 0.6 is 0 Å². The van der Waals surface area contributed by atoms with Gasteiger partial charge < -0.3 is 5.32 Å². The summed E-state index contributed by atoms with van der Waals surface area (Å²) in [6.07, 6.45) is 3.77. The van der Waals surface area contributed by atoms with Gasteiger partial charge in [0.25, 0.3) is 0 Å². The molecule has 18 heavy (non-hydrogen) atoms. The zero-order chi connectivity index (χ0) is 13.2. The number of nitrogens with one attached hydrogen (secondary N) is 1. The van der Waals surface area contributed by atoms with Gasteiger partial charge in [-0.3, -0.25) is 0 Å². The lowest BCUT2D eigenvalue weighted by atomic mass is 9.78. The van der Waals surface area contributed by atoms with Crippen molar-refractivity contribution in [2.75, 3.05) is 5.32 Å². The molecule has 1 aromatic rings. The smallest absolute Gasteiger partial charge is 0.125 e. The number of anilines is 1. The van der Waals surface area contributed by atoms with E-state index in [1.54, 1.807) is 0 Å². The second kappa shape index (κ2) is 4.97. The molecule has 0 aromatic heterocycles. The van der Waals surface area contributed by atoms with Crippen LogP contribution in [-0.2, 0) is 0 Å². The Morgan fingerprint density at radius 3 is 2.56 bits per heavy atom. The third-order valence-corrected chi connectivity index (χ3v) is 3.77. The van der Waals surface area contributed by atoms with Gasteiger partial charge in [0.1, 0.15) is 11.4 Å². The van der Waals surface area contributed by atoms with Crippen molar-refractivity contribution >= 4 is 5.69 Å². The molecule has 1 aliphatic carbocycles. The van der Waals surface area contributed by atoms with Crippen LogP contribution in [0.15, 0.2) is 18.2 Å². The highest BCUT2D eigenvalue weighted by molar-refractivity contribution is 5.50. The van der Waals surface area contributed by atoms with Crippen LogP contribution in [0.3, 0.4) is 0 Å². The molecular formula is C15H19FN2. The lowest BCUT2D eigenvalue weighted by Gasteiger charge is -2.35. The fraction of sp³-hybridized carbons (Fsp3) is 0.533. The summed E-state index contributed by atoms with van der Waals surface area (Å²) in [5, 5.41) is 12.7. The monoisotopic (exact) mass is 246 g/mol. The highest BCUT2D eigenvalue weighted by Gasteiger charge is 2.34. The molecule has 1 aromatic carbocycles. The van der Waals surface area contributed by atoms with Gasteiger partial charge in [-0.05, 0) is 62.3 Å². The standard InChI is InChI=1S/C15H19FN2/c1-11-3-5-15(10-17,6-4-11)18-14-8-12(2)7-13(16)9-14/h7-9,11,18H,3-6H2,1-2H3. The Bertz CT molecular complexity index is 448. The van der Waals surface area contributed by atoms with E-state index in [1.165, 1.54) is 12.1 Å². The van der Waals surface area contributed by atoms with Gasteiger partial charge in [0.15, 0.2) is 0 Å². The maximum absolute atomic E-state index is 13.4. The molecule has 0 spiro atoms. The normalized spacial score (nSPS) is 27.6. The van der Waals surface area contributed by atoms with Crippen molar-refractivity contribution in [3.8, 4) is 6.07 Å². The summed E-state index contributed by atoms with van der Waals surface area (Å²) in [5.74, 6) is 0.428. The summed E-state index contributed by atoms with van der Waals surface area (Å²) in [6, 6.07) is 7.24. The molecule has 0 unspecified atom stereocenters. The van der Waals surface area contributed by atoms with E-state index >= 15 is 0 Å². The Morgan fingerprint density at radius 1 is 1.33 bits per heavy atom. The summed E-state index contributed by atoms with van der Waals surface area (Å²) in [7, 11) is 0. The van der Waals surface area contributed by atoms with Gasteiger partial charge in [0.05, 0.1) is 6.07 Å². The number of nitriles is 1. The molecule has 0 atom stereocenters. The number of rotatable bonds is 2. The molecule has 96 valence electrons. The zero-order valence-corrected chi connectivity index (χ0v) is 11.0. The van der Waals surface area contributed by atoms with Crippen molar-refractivity contribution in [2.24, 2.45) is 5.92 Å². The van der Waals surface area contributed by atoms with Crippen molar-refractivity contribution < 1.29 is 4.39 Å². The van der Waals surface area contributed by atoms with Gasteiger partial charge in [-0.25, -0.2) is 4.39 Å². The highest BCUT2D eigenvalue weighted by atomic mass is 19.1. The summed E-state index contributed by atoms with van der Waals surface area (Å²) < 4.78 is 13.4. The molecule has 3 heteroatoms. The lowest BCUT2D eigenvalue weighted by molar-refractivity contribution is 0.314. The quantitative estimate of drug-likeness (QED) is 0.855. The predicted molar refractivity (Wildman–Crippen MR) is 70.7 cm³/mol. The van der Waals surface area contributed by atoms with Crippen molar-refractivity contribution in [3.63, 3.8) is 0 Å². The van der Waals surface area contributed by atoms with E-state index in [2.05, 4.69) is 18.3 Å². The number of halogens is 1. The first-order valence-corrected chi connectivity index (χ1v) is 6.50. The van der Waals surface area contributed by atoms with Crippen LogP contribution in [0.4, 0.5) is 10.1 Å². The van der Waals surface area contributed by atoms with Crippen LogP contribution in [0.1, 0.15) is 38.2 Å². The van der Waals surface area contributed by atoms with Crippen LogP contribution in [0.5, 0.6) is 0 Å². The van der Waals surface area contributed by atoms with Crippen LogP contribution in [0, 0.1) is 30.0 Å². The molecule has 0 heterocycles. The van der Waals surface area contributed by atoms with Gasteiger partial charge in [0, 0.05) is 5.69 Å². The van der Waals surface area contributed by atoms with Gasteiger partial charge in [-0.1, -0.05) is 6.92 Å². The van der Waals surface area contributed by atoms with E-state index in [9.17, 15) is 9.65 Å².